The van der Waals surface area contributed by atoms with Gasteiger partial charge in [-0.05, 0) is 85.0 Å². The number of nitrogens with one attached hydrogen (secondary N) is 4. The maximum Gasteiger partial charge on any atom is 0.272 e. The summed E-state index contributed by atoms with van der Waals surface area (Å²) in [5.74, 6) is -0.468. The van der Waals surface area contributed by atoms with Crippen LogP contribution in [-0.4, -0.2) is 64.8 Å². The lowest BCUT2D eigenvalue weighted by Gasteiger charge is -2.28. The number of imidazole rings is 2. The third-order valence-electron chi connectivity index (χ3n) is 12.5. The Morgan fingerprint density at radius 2 is 0.853 bits per heavy atom. The van der Waals surface area contributed by atoms with Gasteiger partial charge in [-0.3, -0.25) is 19.2 Å². The molecule has 0 spiro atoms. The number of carbonyl (C=O) groups excluding carboxylic acids is 4. The molecule has 0 fully saturated rings. The first-order chi connectivity index (χ1) is 32.4. The van der Waals surface area contributed by atoms with E-state index in [0.29, 0.717) is 57.7 Å². The summed E-state index contributed by atoms with van der Waals surface area (Å²) in [6.45, 7) is 19.4. The van der Waals surface area contributed by atoms with E-state index in [4.69, 9.17) is 29.4 Å². The van der Waals surface area contributed by atoms with Crippen LogP contribution in [-0.2, 0) is 22.7 Å². The first-order valence-corrected chi connectivity index (χ1v) is 23.3. The van der Waals surface area contributed by atoms with Crippen LogP contribution < -0.4 is 30.7 Å². The Morgan fingerprint density at radius 1 is 0.485 bits per heavy atom. The molecule has 4 atom stereocenters. The van der Waals surface area contributed by atoms with Gasteiger partial charge in [-0.2, -0.15) is 0 Å². The lowest BCUT2D eigenvalue weighted by molar-refractivity contribution is -0.125. The highest BCUT2D eigenvalue weighted by atomic mass is 16.5. The van der Waals surface area contributed by atoms with Gasteiger partial charge in [0.15, 0.2) is 0 Å². The van der Waals surface area contributed by atoms with Gasteiger partial charge in [0.1, 0.15) is 46.6 Å². The lowest BCUT2D eigenvalue weighted by Crippen LogP contribution is -2.52. The monoisotopic (exact) mass is 920 g/mol. The molecule has 68 heavy (non-hydrogen) atoms. The van der Waals surface area contributed by atoms with Crippen LogP contribution in [0.25, 0.3) is 11.4 Å². The number of fused-ring (bicyclic) bond motifs is 10. The molecule has 0 saturated carbocycles. The van der Waals surface area contributed by atoms with Crippen LogP contribution in [0.5, 0.6) is 23.3 Å². The summed E-state index contributed by atoms with van der Waals surface area (Å²) in [5, 5.41) is 12.5. The standard InChI is InChI=1S/C52H60N10O6/c1-27(2)41-47-55-45-31(9)61(47)25-33-15-11-17-35(23-33)67-39-21-13-19-37(53-39)38-20-14-22-40(54-38)68-36-18-12-16-34(24-36)26-62-32(10)46(52(66)59-43(29(5)6)49(63)57-41)56-48(62)42(28(3)4)58-50(64)44(30(7)8)60-51(45)65/h11-24,27-30,41-44H,25-26H2,1-10H3,(H,57,63)(H,58,64)(H,59,66)(H,60,65)/t41-,42-,43-,44?/m0/s1. The molecule has 3 aliphatic rings. The highest BCUT2D eigenvalue weighted by molar-refractivity contribution is 5.98. The van der Waals surface area contributed by atoms with Crippen molar-refractivity contribution in [1.82, 2.24) is 50.3 Å². The minimum Gasteiger partial charge on any atom is -0.439 e. The Hall–Kier alpha value is -7.36. The molecule has 0 saturated heterocycles. The molecule has 3 aliphatic heterocycles. The maximum absolute atomic E-state index is 14.6. The number of hydrogen-bond donors (Lipinski definition) is 4. The topological polar surface area (TPSA) is 196 Å². The van der Waals surface area contributed by atoms with E-state index in [9.17, 15) is 19.2 Å². The smallest absolute Gasteiger partial charge is 0.272 e. The van der Waals surface area contributed by atoms with Crippen molar-refractivity contribution in [2.45, 2.75) is 106 Å². The van der Waals surface area contributed by atoms with Gasteiger partial charge < -0.3 is 39.9 Å². The summed E-state index contributed by atoms with van der Waals surface area (Å²) in [7, 11) is 0. The molecule has 1 unspecified atom stereocenters. The Labute approximate surface area is 396 Å². The SMILES string of the molecule is Cc1c2nc3n1Cc1cccc(c1)Oc1cccc(n1)-c1cccc(n1)Oc1cccc(c1)Cn1c(nc(c1C)C(=O)NC(C(C)C)C(=O)N[C@H]3C(C)C)[C@H](C(C)C)NC(=O)[C@H](C(C)C)NC2=O. The summed E-state index contributed by atoms with van der Waals surface area (Å²) in [6, 6.07) is 22.6. The largest absolute Gasteiger partial charge is 0.439 e. The van der Waals surface area contributed by atoms with Crippen LogP contribution in [0.2, 0.25) is 0 Å². The van der Waals surface area contributed by atoms with E-state index >= 15 is 0 Å². The van der Waals surface area contributed by atoms with Crippen molar-refractivity contribution in [1.29, 1.82) is 0 Å². The van der Waals surface area contributed by atoms with Gasteiger partial charge in [0.2, 0.25) is 23.6 Å². The van der Waals surface area contributed by atoms with E-state index in [0.717, 1.165) is 11.1 Å². The van der Waals surface area contributed by atoms with Gasteiger partial charge in [-0.25, -0.2) is 19.9 Å². The van der Waals surface area contributed by atoms with Crippen LogP contribution in [0, 0.1) is 37.5 Å². The van der Waals surface area contributed by atoms with Crippen molar-refractivity contribution in [3.63, 3.8) is 0 Å². The van der Waals surface area contributed by atoms with Gasteiger partial charge in [0.05, 0.1) is 23.5 Å². The maximum atomic E-state index is 14.6. The van der Waals surface area contributed by atoms with Crippen LogP contribution >= 0.6 is 0 Å². The van der Waals surface area contributed by atoms with Gasteiger partial charge >= 0.3 is 0 Å². The Kier molecular flexibility index (Phi) is 13.5. The zero-order valence-electron chi connectivity index (χ0n) is 40.2. The van der Waals surface area contributed by atoms with Crippen molar-refractivity contribution in [2.24, 2.45) is 23.7 Å². The van der Waals surface area contributed by atoms with Crippen molar-refractivity contribution < 1.29 is 28.7 Å². The first-order valence-electron chi connectivity index (χ1n) is 23.3. The summed E-state index contributed by atoms with van der Waals surface area (Å²) in [4.78, 5) is 78.1. The van der Waals surface area contributed by atoms with E-state index in [1.807, 2.05) is 137 Å². The van der Waals surface area contributed by atoms with Gasteiger partial charge in [0, 0.05) is 36.6 Å². The molecule has 2 aromatic carbocycles. The number of pyridine rings is 2. The molecule has 14 bridgehead atoms. The number of aromatic nitrogens is 6. The van der Waals surface area contributed by atoms with Crippen molar-refractivity contribution >= 4 is 23.6 Å². The molecule has 16 nitrogen and oxygen atoms in total. The third kappa shape index (κ3) is 9.85. The summed E-state index contributed by atoms with van der Waals surface area (Å²) >= 11 is 0. The van der Waals surface area contributed by atoms with Crippen molar-refractivity contribution in [2.75, 3.05) is 0 Å². The fraction of sp³-hybridized carbons (Fsp3) is 0.385. The molecular formula is C52H60N10O6. The van der Waals surface area contributed by atoms with Crippen molar-refractivity contribution in [3.8, 4) is 34.6 Å². The summed E-state index contributed by atoms with van der Waals surface area (Å²) < 4.78 is 16.5. The molecule has 9 rings (SSSR count). The molecule has 0 aliphatic carbocycles. The second-order valence-electron chi connectivity index (χ2n) is 19.1. The van der Waals surface area contributed by atoms with Gasteiger partial charge in [-0.1, -0.05) is 91.8 Å². The van der Waals surface area contributed by atoms with E-state index in [2.05, 4.69) is 21.3 Å². The predicted octanol–water partition coefficient (Wildman–Crippen LogP) is 8.00. The lowest BCUT2D eigenvalue weighted by atomic mass is 9.99. The first kappa shape index (κ1) is 47.1. The predicted molar refractivity (Wildman–Crippen MR) is 256 cm³/mol. The van der Waals surface area contributed by atoms with Crippen LogP contribution in [0.15, 0.2) is 84.9 Å². The second kappa shape index (κ2) is 19.5. The average Bonchev–Trinajstić information content (AvgIpc) is 3.79. The number of amides is 4. The van der Waals surface area contributed by atoms with Gasteiger partial charge in [-0.15, -0.1) is 0 Å². The number of hydrogen-bond acceptors (Lipinski definition) is 10. The fourth-order valence-electron chi connectivity index (χ4n) is 8.70. The normalized spacial score (nSPS) is 19.1. The van der Waals surface area contributed by atoms with E-state index in [-0.39, 0.29) is 48.1 Å². The van der Waals surface area contributed by atoms with Crippen LogP contribution in [0.4, 0.5) is 0 Å². The zero-order valence-corrected chi connectivity index (χ0v) is 40.2. The number of rotatable bonds is 4. The highest BCUT2D eigenvalue weighted by Gasteiger charge is 2.37. The van der Waals surface area contributed by atoms with E-state index in [1.54, 1.807) is 26.0 Å². The Balaban J connectivity index is 1.35. The summed E-state index contributed by atoms with van der Waals surface area (Å²) in [6.07, 6.45) is 0. The van der Waals surface area contributed by atoms with Gasteiger partial charge in [0.25, 0.3) is 11.8 Å². The molecule has 4 amide bonds. The second-order valence-corrected chi connectivity index (χ2v) is 19.1. The van der Waals surface area contributed by atoms with Crippen LogP contribution in [0.1, 0.15) is 123 Å². The summed E-state index contributed by atoms with van der Waals surface area (Å²) in [5.41, 5.74) is 4.05. The number of carbonyl (C=O) groups is 4. The highest BCUT2D eigenvalue weighted by Crippen LogP contribution is 2.32. The molecule has 6 aromatic rings. The minimum atomic E-state index is -0.986. The minimum absolute atomic E-state index is 0.110. The molecule has 354 valence electrons. The van der Waals surface area contributed by atoms with E-state index in [1.165, 1.54) is 0 Å². The third-order valence-corrected chi connectivity index (χ3v) is 12.5. The van der Waals surface area contributed by atoms with Crippen molar-refractivity contribution in [3.05, 3.63) is 130 Å². The van der Waals surface area contributed by atoms with Crippen LogP contribution in [0.3, 0.4) is 0 Å². The average molecular weight is 921 g/mol. The molecule has 7 heterocycles. The molecule has 16 heteroatoms. The number of ether oxygens (including phenoxy) is 2. The fourth-order valence-corrected chi connectivity index (χ4v) is 8.70. The molecular weight excluding hydrogens is 861 g/mol. The molecule has 4 N–H and O–H groups in total. The molecule has 0 radical (unpaired) electrons. The molecule has 4 aromatic heterocycles. The quantitative estimate of drug-likeness (QED) is 0.135. The number of nitrogens with zero attached hydrogens (tertiary/aromatic N) is 6. The zero-order chi connectivity index (χ0) is 48.6. The van der Waals surface area contributed by atoms with E-state index < -0.39 is 47.8 Å². The Morgan fingerprint density at radius 3 is 1.22 bits per heavy atom. The Bertz CT molecular complexity index is 2690. The number of benzene rings is 2.